The molecule has 7 heteroatoms. The Balaban J connectivity index is 1.76. The highest BCUT2D eigenvalue weighted by atomic mass is 16.6. The maximum atomic E-state index is 10.6. The second kappa shape index (κ2) is 6.87. The fourth-order valence-electron chi connectivity index (χ4n) is 2.96. The summed E-state index contributed by atoms with van der Waals surface area (Å²) in [7, 11) is 0. The molecule has 0 spiro atoms. The average molecular weight is 304 g/mol. The van der Waals surface area contributed by atoms with Gasteiger partial charge in [0.2, 0.25) is 0 Å². The quantitative estimate of drug-likeness (QED) is 0.513. The molecule has 0 aliphatic carbocycles. The normalized spacial score (nSPS) is 20.2. The van der Waals surface area contributed by atoms with Crippen LogP contribution in [0, 0.1) is 0 Å². The van der Waals surface area contributed by atoms with E-state index in [1.54, 1.807) is 18.2 Å². The van der Waals surface area contributed by atoms with Gasteiger partial charge in [0.05, 0.1) is 12.1 Å². The zero-order valence-corrected chi connectivity index (χ0v) is 12.4. The first kappa shape index (κ1) is 15.0. The van der Waals surface area contributed by atoms with Crippen LogP contribution >= 0.6 is 0 Å². The van der Waals surface area contributed by atoms with Gasteiger partial charge in [-0.05, 0) is 49.2 Å². The minimum Gasteiger partial charge on any atom is -0.486 e. The number of likely N-dealkylation sites (tertiary alicyclic amines) is 1. The van der Waals surface area contributed by atoms with Crippen molar-refractivity contribution in [1.29, 1.82) is 0 Å². The molecular weight excluding hydrogens is 284 g/mol. The molecule has 2 heterocycles. The highest BCUT2D eigenvalue weighted by molar-refractivity contribution is 5.44. The zero-order chi connectivity index (χ0) is 15.4. The molecule has 1 aromatic rings. The Morgan fingerprint density at radius 2 is 1.95 bits per heavy atom. The van der Waals surface area contributed by atoms with Crippen LogP contribution < -0.4 is 9.47 Å². The molecule has 1 saturated heterocycles. The van der Waals surface area contributed by atoms with Gasteiger partial charge in [0, 0.05) is 11.5 Å². The molecule has 0 saturated carbocycles. The standard InChI is InChI=1S/C15H20N4O3/c16-18-17-12(10-19-5-1-2-6-19)15(20)11-3-4-13-14(9-11)22-8-7-21-13/h3-4,9,12,15,20H,1-2,5-8,10H2. The van der Waals surface area contributed by atoms with E-state index < -0.39 is 12.1 Å². The van der Waals surface area contributed by atoms with E-state index in [0.29, 0.717) is 36.8 Å². The topological polar surface area (TPSA) is 90.7 Å². The molecule has 1 N–H and O–H groups in total. The van der Waals surface area contributed by atoms with Gasteiger partial charge in [-0.15, -0.1) is 0 Å². The maximum Gasteiger partial charge on any atom is 0.161 e. The van der Waals surface area contributed by atoms with Crippen LogP contribution in [0.1, 0.15) is 24.5 Å². The van der Waals surface area contributed by atoms with Crippen molar-refractivity contribution < 1.29 is 14.6 Å². The van der Waals surface area contributed by atoms with Gasteiger partial charge in [-0.2, -0.15) is 0 Å². The average Bonchev–Trinajstić information content (AvgIpc) is 3.06. The monoisotopic (exact) mass is 304 g/mol. The largest absolute Gasteiger partial charge is 0.486 e. The van der Waals surface area contributed by atoms with Crippen molar-refractivity contribution in [2.75, 3.05) is 32.8 Å². The van der Waals surface area contributed by atoms with Crippen LogP contribution in [-0.4, -0.2) is 48.9 Å². The minimum absolute atomic E-state index is 0.500. The molecular formula is C15H20N4O3. The number of nitrogens with zero attached hydrogens (tertiary/aromatic N) is 4. The van der Waals surface area contributed by atoms with Gasteiger partial charge in [-0.1, -0.05) is 11.2 Å². The SMILES string of the molecule is [N-]=[N+]=NC(CN1CCCC1)C(O)c1ccc2c(c1)OCCO2. The molecule has 2 unspecified atom stereocenters. The molecule has 22 heavy (non-hydrogen) atoms. The highest BCUT2D eigenvalue weighted by Crippen LogP contribution is 2.34. The van der Waals surface area contributed by atoms with Crippen molar-refractivity contribution in [2.24, 2.45) is 5.11 Å². The number of aliphatic hydroxyl groups is 1. The number of hydrogen-bond acceptors (Lipinski definition) is 5. The second-order valence-corrected chi connectivity index (χ2v) is 5.63. The number of hydrogen-bond donors (Lipinski definition) is 1. The van der Waals surface area contributed by atoms with Crippen LogP contribution in [0.5, 0.6) is 11.5 Å². The predicted molar refractivity (Wildman–Crippen MR) is 81.0 cm³/mol. The van der Waals surface area contributed by atoms with Crippen molar-refractivity contribution in [3.63, 3.8) is 0 Å². The predicted octanol–water partition coefficient (Wildman–Crippen LogP) is 2.27. The Morgan fingerprint density at radius 1 is 1.23 bits per heavy atom. The van der Waals surface area contributed by atoms with E-state index in [-0.39, 0.29) is 0 Å². The van der Waals surface area contributed by atoms with Gasteiger partial charge in [0.15, 0.2) is 11.5 Å². The molecule has 118 valence electrons. The van der Waals surface area contributed by atoms with Gasteiger partial charge in [-0.25, -0.2) is 0 Å². The van der Waals surface area contributed by atoms with Crippen LogP contribution in [0.3, 0.4) is 0 Å². The fraction of sp³-hybridized carbons (Fsp3) is 0.600. The Labute approximate surface area is 129 Å². The van der Waals surface area contributed by atoms with E-state index in [1.807, 2.05) is 0 Å². The van der Waals surface area contributed by atoms with Gasteiger partial charge in [-0.3, -0.25) is 0 Å². The zero-order valence-electron chi connectivity index (χ0n) is 12.4. The van der Waals surface area contributed by atoms with Crippen LogP contribution in [0.25, 0.3) is 10.4 Å². The molecule has 0 amide bonds. The van der Waals surface area contributed by atoms with E-state index >= 15 is 0 Å². The van der Waals surface area contributed by atoms with Crippen molar-refractivity contribution in [2.45, 2.75) is 25.0 Å². The van der Waals surface area contributed by atoms with E-state index in [9.17, 15) is 5.11 Å². The summed E-state index contributed by atoms with van der Waals surface area (Å²) in [5.74, 6) is 1.31. The Morgan fingerprint density at radius 3 is 2.68 bits per heavy atom. The Hall–Kier alpha value is -1.95. The lowest BCUT2D eigenvalue weighted by atomic mass is 10.0. The van der Waals surface area contributed by atoms with Crippen LogP contribution in [0.2, 0.25) is 0 Å². The number of aliphatic hydroxyl groups excluding tert-OH is 1. The lowest BCUT2D eigenvalue weighted by Gasteiger charge is -2.25. The number of fused-ring (bicyclic) bond motifs is 1. The third kappa shape index (κ3) is 3.27. The summed E-state index contributed by atoms with van der Waals surface area (Å²) in [6.45, 7) is 3.58. The van der Waals surface area contributed by atoms with E-state index in [0.717, 1.165) is 25.9 Å². The van der Waals surface area contributed by atoms with Crippen molar-refractivity contribution in [3.8, 4) is 11.5 Å². The van der Waals surface area contributed by atoms with E-state index in [4.69, 9.17) is 15.0 Å². The summed E-state index contributed by atoms with van der Waals surface area (Å²) >= 11 is 0. The molecule has 0 bridgehead atoms. The minimum atomic E-state index is -0.854. The summed E-state index contributed by atoms with van der Waals surface area (Å²) in [6.07, 6.45) is 1.46. The third-order valence-corrected chi connectivity index (χ3v) is 4.12. The molecule has 1 fully saturated rings. The summed E-state index contributed by atoms with van der Waals surface area (Å²) in [5, 5.41) is 14.4. The first-order valence-electron chi connectivity index (χ1n) is 7.62. The molecule has 2 aliphatic rings. The summed E-state index contributed by atoms with van der Waals surface area (Å²) in [4.78, 5) is 5.12. The van der Waals surface area contributed by atoms with Crippen LogP contribution in [-0.2, 0) is 0 Å². The third-order valence-electron chi connectivity index (χ3n) is 4.12. The maximum absolute atomic E-state index is 10.6. The van der Waals surface area contributed by atoms with Gasteiger partial charge in [0.25, 0.3) is 0 Å². The fourth-order valence-corrected chi connectivity index (χ4v) is 2.96. The smallest absolute Gasteiger partial charge is 0.161 e. The van der Waals surface area contributed by atoms with Gasteiger partial charge in [0.1, 0.15) is 13.2 Å². The van der Waals surface area contributed by atoms with Crippen LogP contribution in [0.4, 0.5) is 0 Å². The van der Waals surface area contributed by atoms with E-state index in [2.05, 4.69) is 14.9 Å². The summed E-state index contributed by atoms with van der Waals surface area (Å²) < 4.78 is 11.0. The van der Waals surface area contributed by atoms with Crippen molar-refractivity contribution >= 4 is 0 Å². The van der Waals surface area contributed by atoms with Crippen molar-refractivity contribution in [1.82, 2.24) is 4.90 Å². The number of benzene rings is 1. The number of azide groups is 1. The van der Waals surface area contributed by atoms with Gasteiger partial charge < -0.3 is 19.5 Å². The summed E-state index contributed by atoms with van der Waals surface area (Å²) in [6, 6.07) is 4.84. The number of ether oxygens (including phenoxy) is 2. The molecule has 7 nitrogen and oxygen atoms in total. The lowest BCUT2D eigenvalue weighted by Crippen LogP contribution is -2.32. The number of rotatable bonds is 5. The Kier molecular flexibility index (Phi) is 4.68. The Bertz CT molecular complexity index is 568. The van der Waals surface area contributed by atoms with E-state index in [1.165, 1.54) is 0 Å². The molecule has 1 aromatic carbocycles. The lowest BCUT2D eigenvalue weighted by molar-refractivity contribution is 0.124. The second-order valence-electron chi connectivity index (χ2n) is 5.63. The highest BCUT2D eigenvalue weighted by Gasteiger charge is 2.25. The molecule has 2 atom stereocenters. The van der Waals surface area contributed by atoms with Gasteiger partial charge >= 0.3 is 0 Å². The first-order valence-corrected chi connectivity index (χ1v) is 7.62. The first-order chi connectivity index (χ1) is 10.8. The summed E-state index contributed by atoms with van der Waals surface area (Å²) in [5.41, 5.74) is 9.46. The molecule has 3 rings (SSSR count). The molecule has 2 aliphatic heterocycles. The molecule has 0 radical (unpaired) electrons. The van der Waals surface area contributed by atoms with Crippen LogP contribution in [0.15, 0.2) is 23.3 Å². The van der Waals surface area contributed by atoms with Crippen molar-refractivity contribution in [3.05, 3.63) is 34.2 Å². The molecule has 0 aromatic heterocycles.